The first-order chi connectivity index (χ1) is 12.1. The Hall–Kier alpha value is -1.32. The molecule has 0 aromatic heterocycles. The summed E-state index contributed by atoms with van der Waals surface area (Å²) in [5, 5.41) is 3.94. The number of halogens is 4. The maximum Gasteiger partial charge on any atom is 0.431 e. The molecule has 2 unspecified atom stereocenters. The highest BCUT2D eigenvalue weighted by molar-refractivity contribution is 7.87. The quantitative estimate of drug-likeness (QED) is 0.183. The van der Waals surface area contributed by atoms with Crippen LogP contribution in [-0.4, -0.2) is 67.3 Å². The first-order valence-corrected chi connectivity index (χ1v) is 8.70. The molecule has 1 aliphatic rings. The van der Waals surface area contributed by atoms with Crippen molar-refractivity contribution in [1.82, 2.24) is 0 Å². The van der Waals surface area contributed by atoms with Crippen molar-refractivity contribution >= 4 is 16.1 Å². The summed E-state index contributed by atoms with van der Waals surface area (Å²) >= 11 is 0. The van der Waals surface area contributed by atoms with E-state index in [2.05, 4.69) is 11.3 Å². The van der Waals surface area contributed by atoms with Crippen LogP contribution in [0.25, 0.3) is 0 Å². The van der Waals surface area contributed by atoms with Gasteiger partial charge >= 0.3 is 27.3 Å². The fourth-order valence-electron chi connectivity index (χ4n) is 1.73. The van der Waals surface area contributed by atoms with Crippen LogP contribution in [0.1, 0.15) is 19.8 Å². The standard InChI is InChI=1S/C13H18F4O9S/c1-8(10(18)26-9-5-11(2,19)25-7-24-9)6-23-4-3-12(14,15)13(16,17)27(20,21)22/h9,19H,1,3-7H2,2H3,(H,20,21,22). The summed E-state index contributed by atoms with van der Waals surface area (Å²) < 4.78 is 100. The Morgan fingerprint density at radius 1 is 1.37 bits per heavy atom. The van der Waals surface area contributed by atoms with E-state index < -0.39 is 59.0 Å². The lowest BCUT2D eigenvalue weighted by Crippen LogP contribution is -2.47. The fraction of sp³-hybridized carbons (Fsp3) is 0.769. The Morgan fingerprint density at radius 3 is 2.48 bits per heavy atom. The van der Waals surface area contributed by atoms with Gasteiger partial charge in [-0.25, -0.2) is 4.79 Å². The van der Waals surface area contributed by atoms with Gasteiger partial charge in [0, 0.05) is 6.42 Å². The number of hydrogen-bond donors (Lipinski definition) is 2. The molecule has 0 aliphatic carbocycles. The molecule has 0 radical (unpaired) electrons. The Labute approximate surface area is 151 Å². The summed E-state index contributed by atoms with van der Waals surface area (Å²) in [5.74, 6) is -7.76. The Bertz CT molecular complexity index is 663. The van der Waals surface area contributed by atoms with E-state index in [9.17, 15) is 35.9 Å². The van der Waals surface area contributed by atoms with Crippen molar-refractivity contribution in [3.63, 3.8) is 0 Å². The third-order valence-electron chi connectivity index (χ3n) is 3.28. The molecule has 1 fully saturated rings. The molecular weight excluding hydrogens is 408 g/mol. The monoisotopic (exact) mass is 426 g/mol. The number of rotatable bonds is 9. The zero-order valence-electron chi connectivity index (χ0n) is 14.0. The number of alkyl halides is 4. The predicted molar refractivity (Wildman–Crippen MR) is 78.2 cm³/mol. The molecule has 1 rings (SSSR count). The third kappa shape index (κ3) is 6.36. The lowest BCUT2D eigenvalue weighted by molar-refractivity contribution is -0.334. The maximum absolute atomic E-state index is 13.2. The number of ether oxygens (including phenoxy) is 4. The zero-order valence-corrected chi connectivity index (χ0v) is 14.8. The number of hydrogen-bond acceptors (Lipinski definition) is 8. The Balaban J connectivity index is 2.43. The molecule has 9 nitrogen and oxygen atoms in total. The van der Waals surface area contributed by atoms with E-state index in [0.29, 0.717) is 0 Å². The van der Waals surface area contributed by atoms with Gasteiger partial charge in [-0.1, -0.05) is 6.58 Å². The van der Waals surface area contributed by atoms with Crippen LogP contribution in [0.5, 0.6) is 0 Å². The second-order valence-electron chi connectivity index (χ2n) is 5.75. The average molecular weight is 426 g/mol. The highest BCUT2D eigenvalue weighted by atomic mass is 32.2. The summed E-state index contributed by atoms with van der Waals surface area (Å²) in [6.07, 6.45) is -3.14. The van der Waals surface area contributed by atoms with Gasteiger partial charge < -0.3 is 24.1 Å². The highest BCUT2D eigenvalue weighted by Crippen LogP contribution is 2.40. The van der Waals surface area contributed by atoms with Gasteiger partial charge in [0.2, 0.25) is 6.29 Å². The summed E-state index contributed by atoms with van der Waals surface area (Å²) in [5.41, 5.74) is -0.380. The number of carbonyl (C=O) groups excluding carboxylic acids is 1. The molecule has 1 aliphatic heterocycles. The molecular formula is C13H18F4O9S. The second kappa shape index (κ2) is 8.36. The van der Waals surface area contributed by atoms with Crippen molar-refractivity contribution in [2.75, 3.05) is 20.0 Å². The molecule has 0 spiro atoms. The van der Waals surface area contributed by atoms with Crippen molar-refractivity contribution in [3.05, 3.63) is 12.2 Å². The summed E-state index contributed by atoms with van der Waals surface area (Å²) in [6.45, 7) is 2.44. The van der Waals surface area contributed by atoms with Crippen LogP contribution in [0.15, 0.2) is 12.2 Å². The van der Waals surface area contributed by atoms with Crippen LogP contribution in [0.2, 0.25) is 0 Å². The minimum atomic E-state index is -6.33. The van der Waals surface area contributed by atoms with Crippen LogP contribution in [0.4, 0.5) is 17.6 Å². The third-order valence-corrected chi connectivity index (χ3v) is 4.23. The number of esters is 1. The molecule has 0 amide bonds. The molecule has 2 N–H and O–H groups in total. The normalized spacial score (nSPS) is 24.5. The topological polar surface area (TPSA) is 129 Å². The van der Waals surface area contributed by atoms with Gasteiger partial charge in [0.25, 0.3) is 0 Å². The van der Waals surface area contributed by atoms with Crippen molar-refractivity contribution in [2.45, 2.75) is 43.0 Å². The van der Waals surface area contributed by atoms with E-state index in [0.717, 1.165) is 0 Å². The minimum absolute atomic E-state index is 0.218. The highest BCUT2D eigenvalue weighted by Gasteiger charge is 2.65. The SMILES string of the molecule is C=C(COCCC(F)(F)C(F)(F)S(=O)(=O)O)C(=O)OC1CC(C)(O)OCO1. The Morgan fingerprint density at radius 2 is 1.96 bits per heavy atom. The molecule has 0 aromatic carbocycles. The molecule has 0 saturated carbocycles. The van der Waals surface area contributed by atoms with E-state index in [1.54, 1.807) is 0 Å². The summed E-state index contributed by atoms with van der Waals surface area (Å²) in [7, 11) is -6.33. The van der Waals surface area contributed by atoms with Gasteiger partial charge in [-0.15, -0.1) is 0 Å². The van der Waals surface area contributed by atoms with Gasteiger partial charge in [-0.3, -0.25) is 4.55 Å². The molecule has 1 heterocycles. The van der Waals surface area contributed by atoms with E-state index in [4.69, 9.17) is 18.8 Å². The van der Waals surface area contributed by atoms with E-state index >= 15 is 0 Å². The van der Waals surface area contributed by atoms with Crippen molar-refractivity contribution in [3.8, 4) is 0 Å². The van der Waals surface area contributed by atoms with E-state index in [-0.39, 0.29) is 18.8 Å². The summed E-state index contributed by atoms with van der Waals surface area (Å²) in [6, 6.07) is 0. The van der Waals surface area contributed by atoms with Crippen LogP contribution < -0.4 is 0 Å². The largest absolute Gasteiger partial charge is 0.432 e. The summed E-state index contributed by atoms with van der Waals surface area (Å²) in [4.78, 5) is 11.7. The van der Waals surface area contributed by atoms with Crippen LogP contribution in [0.3, 0.4) is 0 Å². The first kappa shape index (κ1) is 23.7. The smallest absolute Gasteiger partial charge is 0.431 e. The fourth-order valence-corrected chi connectivity index (χ4v) is 2.21. The zero-order chi connectivity index (χ0) is 21.1. The first-order valence-electron chi connectivity index (χ1n) is 7.26. The van der Waals surface area contributed by atoms with E-state index in [1.165, 1.54) is 6.92 Å². The number of carbonyl (C=O) groups is 1. The van der Waals surface area contributed by atoms with Crippen LogP contribution in [-0.2, 0) is 33.9 Å². The minimum Gasteiger partial charge on any atom is -0.432 e. The number of aliphatic hydroxyl groups is 1. The molecule has 0 aromatic rings. The second-order valence-corrected chi connectivity index (χ2v) is 7.21. The van der Waals surface area contributed by atoms with Gasteiger partial charge in [0.05, 0.1) is 25.2 Å². The molecule has 0 bridgehead atoms. The molecule has 14 heteroatoms. The molecule has 158 valence electrons. The molecule has 2 atom stereocenters. The average Bonchev–Trinajstić information content (AvgIpc) is 2.49. The lowest BCUT2D eigenvalue weighted by Gasteiger charge is -2.33. The Kier molecular flexibility index (Phi) is 7.35. The van der Waals surface area contributed by atoms with Gasteiger partial charge in [0.15, 0.2) is 12.6 Å². The molecule has 1 saturated heterocycles. The maximum atomic E-state index is 13.2. The van der Waals surface area contributed by atoms with Gasteiger partial charge in [0.1, 0.15) is 0 Å². The predicted octanol–water partition coefficient (Wildman–Crippen LogP) is 1.04. The van der Waals surface area contributed by atoms with Crippen LogP contribution in [0, 0.1) is 0 Å². The van der Waals surface area contributed by atoms with Crippen molar-refractivity contribution in [2.24, 2.45) is 0 Å². The lowest BCUT2D eigenvalue weighted by atomic mass is 10.2. The van der Waals surface area contributed by atoms with Crippen LogP contribution >= 0.6 is 0 Å². The van der Waals surface area contributed by atoms with Gasteiger partial charge in [-0.2, -0.15) is 26.0 Å². The van der Waals surface area contributed by atoms with Crippen molar-refractivity contribution < 1.29 is 59.4 Å². The molecule has 27 heavy (non-hydrogen) atoms. The van der Waals surface area contributed by atoms with E-state index in [1.807, 2.05) is 0 Å². The van der Waals surface area contributed by atoms with Crippen molar-refractivity contribution in [1.29, 1.82) is 0 Å². The van der Waals surface area contributed by atoms with Gasteiger partial charge in [-0.05, 0) is 6.92 Å².